The van der Waals surface area contributed by atoms with Gasteiger partial charge in [0.05, 0.1) is 31.5 Å². The van der Waals surface area contributed by atoms with Gasteiger partial charge in [0.15, 0.2) is 5.82 Å². The summed E-state index contributed by atoms with van der Waals surface area (Å²) in [6.45, 7) is 1.72. The van der Waals surface area contributed by atoms with Crippen molar-refractivity contribution < 1.29 is 9.53 Å². The monoisotopic (exact) mass is 442 g/mol. The molecule has 2 aliphatic rings. The molecule has 2 N–H and O–H groups in total. The van der Waals surface area contributed by atoms with Crippen molar-refractivity contribution in [1.82, 2.24) is 14.9 Å². The van der Waals surface area contributed by atoms with E-state index in [-0.39, 0.29) is 5.91 Å². The molecule has 0 radical (unpaired) electrons. The lowest BCUT2D eigenvalue weighted by Crippen LogP contribution is -2.62. The van der Waals surface area contributed by atoms with Crippen LogP contribution >= 0.6 is 0 Å². The smallest absolute Gasteiger partial charge is 0.255 e. The number of rotatable bonds is 4. The molecule has 1 fully saturated rings. The Bertz CT molecular complexity index is 1170. The maximum atomic E-state index is 13.3. The van der Waals surface area contributed by atoms with Crippen LogP contribution in [0.5, 0.6) is 5.88 Å². The average molecular weight is 443 g/mol. The standard InChI is InChI=1S/C25H26N6O2/c1-33-21-11-10-19(16-27-21)23(32)31-14-6-12-25(17-31)24(28-15-18-7-3-2-4-8-18)29-22-20(30-25)9-5-13-26-22/h2-5,7-11,13,16,30H,6,12,14-15,17H2,1H3,(H,26,28,29). The Kier molecular flexibility index (Phi) is 5.64. The van der Waals surface area contributed by atoms with Crippen molar-refractivity contribution in [3.63, 3.8) is 0 Å². The van der Waals surface area contributed by atoms with Gasteiger partial charge in [0, 0.05) is 25.0 Å². The fourth-order valence-electron chi connectivity index (χ4n) is 4.43. The van der Waals surface area contributed by atoms with Crippen molar-refractivity contribution in [3.8, 4) is 5.88 Å². The van der Waals surface area contributed by atoms with E-state index in [2.05, 4.69) is 32.7 Å². The van der Waals surface area contributed by atoms with Crippen LogP contribution in [0.25, 0.3) is 0 Å². The Balaban J connectivity index is 1.45. The number of ether oxygens (including phenoxy) is 1. The molecule has 4 heterocycles. The molecule has 3 aromatic rings. The van der Waals surface area contributed by atoms with Crippen LogP contribution in [0, 0.1) is 0 Å². The minimum atomic E-state index is -0.515. The number of aromatic nitrogens is 2. The van der Waals surface area contributed by atoms with E-state index in [1.54, 1.807) is 31.6 Å². The SMILES string of the molecule is COc1ccc(C(=O)N2CCCC3(C2)Nc2cccnc2NC3=NCc2ccccc2)cn1. The number of hydrogen-bond donors (Lipinski definition) is 2. The second kappa shape index (κ2) is 8.90. The van der Waals surface area contributed by atoms with Gasteiger partial charge in [0.2, 0.25) is 5.88 Å². The molecule has 2 aliphatic heterocycles. The highest BCUT2D eigenvalue weighted by Gasteiger charge is 2.45. The molecule has 0 bridgehead atoms. The van der Waals surface area contributed by atoms with Gasteiger partial charge in [0.1, 0.15) is 11.4 Å². The van der Waals surface area contributed by atoms with Crippen LogP contribution in [0.3, 0.4) is 0 Å². The third-order valence-electron chi connectivity index (χ3n) is 6.11. The molecule has 1 atom stereocenters. The summed E-state index contributed by atoms with van der Waals surface area (Å²) >= 11 is 0. The molecule has 5 rings (SSSR count). The number of nitrogens with zero attached hydrogens (tertiary/aromatic N) is 4. The van der Waals surface area contributed by atoms with Crippen LogP contribution in [0.2, 0.25) is 0 Å². The number of benzene rings is 1. The number of likely N-dealkylation sites (tertiary alicyclic amines) is 1. The third kappa shape index (κ3) is 4.24. The Morgan fingerprint density at radius 1 is 1.15 bits per heavy atom. The summed E-state index contributed by atoms with van der Waals surface area (Å²) in [5.41, 5.74) is 2.07. The number of carbonyl (C=O) groups excluding carboxylic acids is 1. The van der Waals surface area contributed by atoms with E-state index in [1.165, 1.54) is 0 Å². The van der Waals surface area contributed by atoms with Crippen LogP contribution in [0.4, 0.5) is 11.5 Å². The van der Waals surface area contributed by atoms with Gasteiger partial charge in [-0.15, -0.1) is 0 Å². The molecule has 33 heavy (non-hydrogen) atoms. The van der Waals surface area contributed by atoms with Gasteiger partial charge in [-0.3, -0.25) is 9.79 Å². The summed E-state index contributed by atoms with van der Waals surface area (Å²) in [4.78, 5) is 28.8. The van der Waals surface area contributed by atoms with Crippen LogP contribution in [0.1, 0.15) is 28.8 Å². The summed E-state index contributed by atoms with van der Waals surface area (Å²) in [7, 11) is 1.56. The molecule has 2 aromatic heterocycles. The van der Waals surface area contributed by atoms with E-state index in [0.29, 0.717) is 31.1 Å². The number of nitrogens with one attached hydrogen (secondary N) is 2. The Labute approximate surface area is 192 Å². The van der Waals surface area contributed by atoms with Crippen molar-refractivity contribution in [1.29, 1.82) is 0 Å². The summed E-state index contributed by atoms with van der Waals surface area (Å²) in [6, 6.07) is 17.5. The van der Waals surface area contributed by atoms with E-state index in [0.717, 1.165) is 35.7 Å². The van der Waals surface area contributed by atoms with E-state index >= 15 is 0 Å². The van der Waals surface area contributed by atoms with Crippen molar-refractivity contribution in [2.75, 3.05) is 30.8 Å². The fraction of sp³-hybridized carbons (Fsp3) is 0.280. The number of aliphatic imine (C=N–C) groups is 1. The first-order chi connectivity index (χ1) is 16.2. The van der Waals surface area contributed by atoms with Crippen LogP contribution in [-0.2, 0) is 6.54 Å². The molecule has 8 nitrogen and oxygen atoms in total. The molecular weight excluding hydrogens is 416 g/mol. The first kappa shape index (κ1) is 20.9. The molecule has 1 aromatic carbocycles. The van der Waals surface area contributed by atoms with Crippen molar-refractivity contribution in [3.05, 3.63) is 78.1 Å². The molecule has 1 saturated heterocycles. The van der Waals surface area contributed by atoms with E-state index in [1.807, 2.05) is 35.2 Å². The summed E-state index contributed by atoms with van der Waals surface area (Å²) in [6.07, 6.45) is 5.03. The van der Waals surface area contributed by atoms with Gasteiger partial charge in [-0.1, -0.05) is 30.3 Å². The largest absolute Gasteiger partial charge is 0.481 e. The highest BCUT2D eigenvalue weighted by Crippen LogP contribution is 2.35. The Morgan fingerprint density at radius 2 is 2.03 bits per heavy atom. The maximum Gasteiger partial charge on any atom is 0.255 e. The summed E-state index contributed by atoms with van der Waals surface area (Å²) in [5.74, 6) is 1.99. The second-order valence-corrected chi connectivity index (χ2v) is 8.30. The zero-order chi connectivity index (χ0) is 22.7. The second-order valence-electron chi connectivity index (χ2n) is 8.30. The molecular formula is C25H26N6O2. The number of amides is 1. The number of methoxy groups -OCH3 is 1. The fourth-order valence-corrected chi connectivity index (χ4v) is 4.43. The molecule has 1 spiro atoms. The van der Waals surface area contributed by atoms with Gasteiger partial charge >= 0.3 is 0 Å². The number of amidine groups is 1. The number of anilines is 2. The molecule has 1 unspecified atom stereocenters. The van der Waals surface area contributed by atoms with Gasteiger partial charge in [0.25, 0.3) is 5.91 Å². The highest BCUT2D eigenvalue weighted by molar-refractivity contribution is 6.09. The number of hydrogen-bond acceptors (Lipinski definition) is 6. The van der Waals surface area contributed by atoms with E-state index in [9.17, 15) is 4.79 Å². The molecule has 0 saturated carbocycles. The molecule has 1 amide bonds. The molecule has 168 valence electrons. The van der Waals surface area contributed by atoms with Crippen molar-refractivity contribution >= 4 is 23.2 Å². The maximum absolute atomic E-state index is 13.3. The first-order valence-electron chi connectivity index (χ1n) is 11.1. The Morgan fingerprint density at radius 3 is 2.82 bits per heavy atom. The number of fused-ring (bicyclic) bond motifs is 1. The lowest BCUT2D eigenvalue weighted by molar-refractivity contribution is 0.0694. The van der Waals surface area contributed by atoms with Crippen molar-refractivity contribution in [2.45, 2.75) is 24.9 Å². The topological polar surface area (TPSA) is 91.7 Å². The number of pyridine rings is 2. The van der Waals surface area contributed by atoms with Gasteiger partial charge in [-0.25, -0.2) is 9.97 Å². The predicted octanol–water partition coefficient (Wildman–Crippen LogP) is 3.60. The Hall–Kier alpha value is -3.94. The minimum absolute atomic E-state index is 0.0505. The first-order valence-corrected chi connectivity index (χ1v) is 11.1. The van der Waals surface area contributed by atoms with Crippen LogP contribution in [0.15, 0.2) is 72.0 Å². The summed E-state index contributed by atoms with van der Waals surface area (Å²) < 4.78 is 5.12. The lowest BCUT2D eigenvalue weighted by Gasteiger charge is -2.47. The number of piperidine rings is 1. The van der Waals surface area contributed by atoms with Crippen molar-refractivity contribution in [2.24, 2.45) is 4.99 Å². The van der Waals surface area contributed by atoms with E-state index in [4.69, 9.17) is 9.73 Å². The quantitative estimate of drug-likeness (QED) is 0.642. The normalized spacial score (nSPS) is 20.6. The van der Waals surface area contributed by atoms with Gasteiger partial charge in [-0.05, 0) is 36.6 Å². The molecule has 0 aliphatic carbocycles. The molecule has 8 heteroatoms. The van der Waals surface area contributed by atoms with Gasteiger partial charge < -0.3 is 20.3 Å². The van der Waals surface area contributed by atoms with Gasteiger partial charge in [-0.2, -0.15) is 0 Å². The third-order valence-corrected chi connectivity index (χ3v) is 6.11. The van der Waals surface area contributed by atoms with Crippen LogP contribution < -0.4 is 15.4 Å². The lowest BCUT2D eigenvalue weighted by atomic mass is 9.85. The average Bonchev–Trinajstić information content (AvgIpc) is 2.88. The zero-order valence-electron chi connectivity index (χ0n) is 18.5. The van der Waals surface area contributed by atoms with E-state index < -0.39 is 5.54 Å². The predicted molar refractivity (Wildman–Crippen MR) is 128 cm³/mol. The summed E-state index contributed by atoms with van der Waals surface area (Å²) in [5, 5.41) is 7.12. The zero-order valence-corrected chi connectivity index (χ0v) is 18.5. The highest BCUT2D eigenvalue weighted by atomic mass is 16.5. The van der Waals surface area contributed by atoms with Crippen LogP contribution in [-0.4, -0.2) is 52.3 Å². The number of carbonyl (C=O) groups is 1. The minimum Gasteiger partial charge on any atom is -0.481 e.